The monoisotopic (exact) mass is 470 g/mol. The molecule has 0 bridgehead atoms. The molecular formula is C24H23FN2O5S. The summed E-state index contributed by atoms with van der Waals surface area (Å²) in [7, 11) is -3.98. The van der Waals surface area contributed by atoms with Crippen molar-refractivity contribution in [3.63, 3.8) is 0 Å². The predicted molar refractivity (Wildman–Crippen MR) is 123 cm³/mol. The Labute approximate surface area is 191 Å². The maximum Gasteiger partial charge on any atom is 0.340 e. The van der Waals surface area contributed by atoms with Crippen LogP contribution < -0.4 is 10.0 Å². The highest BCUT2D eigenvalue weighted by molar-refractivity contribution is 7.92. The number of halogens is 1. The molecule has 0 heterocycles. The van der Waals surface area contributed by atoms with Gasteiger partial charge in [-0.05, 0) is 67.8 Å². The third-order valence-corrected chi connectivity index (χ3v) is 6.34. The first-order chi connectivity index (χ1) is 15.6. The third kappa shape index (κ3) is 5.95. The van der Waals surface area contributed by atoms with Gasteiger partial charge < -0.3 is 10.1 Å². The minimum Gasteiger partial charge on any atom is -0.452 e. The lowest BCUT2D eigenvalue weighted by Gasteiger charge is -2.14. The van der Waals surface area contributed by atoms with Crippen LogP contribution in [-0.2, 0) is 19.6 Å². The maximum atomic E-state index is 13.4. The van der Waals surface area contributed by atoms with Crippen molar-refractivity contribution in [2.75, 3.05) is 16.6 Å². The fourth-order valence-corrected chi connectivity index (χ4v) is 4.48. The molecule has 0 fully saturated rings. The fourth-order valence-electron chi connectivity index (χ4n) is 3.07. The van der Waals surface area contributed by atoms with Crippen molar-refractivity contribution in [1.82, 2.24) is 0 Å². The molecule has 2 N–H and O–H groups in total. The van der Waals surface area contributed by atoms with Crippen molar-refractivity contribution in [3.8, 4) is 0 Å². The number of hydrogen-bond acceptors (Lipinski definition) is 5. The van der Waals surface area contributed by atoms with E-state index in [0.29, 0.717) is 11.1 Å². The number of carbonyl (C=O) groups excluding carboxylic acids is 2. The largest absolute Gasteiger partial charge is 0.452 e. The molecule has 0 saturated carbocycles. The maximum absolute atomic E-state index is 13.4. The summed E-state index contributed by atoms with van der Waals surface area (Å²) in [5.41, 5.74) is 2.19. The van der Waals surface area contributed by atoms with Gasteiger partial charge in [0.1, 0.15) is 5.82 Å². The number of sulfonamides is 1. The molecule has 7 nitrogen and oxygen atoms in total. The lowest BCUT2D eigenvalue weighted by Crippen LogP contribution is -2.22. The predicted octanol–water partition coefficient (Wildman–Crippen LogP) is 4.35. The number of para-hydroxylation sites is 1. The third-order valence-electron chi connectivity index (χ3n) is 4.83. The Morgan fingerprint density at radius 3 is 2.36 bits per heavy atom. The fraction of sp³-hybridized carbons (Fsp3) is 0.167. The molecular weight excluding hydrogens is 447 g/mol. The summed E-state index contributed by atoms with van der Waals surface area (Å²) < 4.78 is 46.7. The van der Waals surface area contributed by atoms with E-state index in [-0.39, 0.29) is 21.8 Å². The number of carbonyl (C=O) groups is 2. The van der Waals surface area contributed by atoms with Gasteiger partial charge >= 0.3 is 5.97 Å². The quantitative estimate of drug-likeness (QED) is 0.500. The average Bonchev–Trinajstić information content (AvgIpc) is 2.76. The minimum absolute atomic E-state index is 0.0183. The number of hydrogen-bond donors (Lipinski definition) is 2. The van der Waals surface area contributed by atoms with Crippen LogP contribution in [0.3, 0.4) is 0 Å². The van der Waals surface area contributed by atoms with Gasteiger partial charge in [-0.3, -0.25) is 9.52 Å². The molecule has 1 amide bonds. The second-order valence-electron chi connectivity index (χ2n) is 7.50. The van der Waals surface area contributed by atoms with E-state index < -0.39 is 34.3 Å². The summed E-state index contributed by atoms with van der Waals surface area (Å²) in [6.45, 7) is 4.51. The standard InChI is InChI=1S/C24H23FN2O5S/c1-15-8-9-17(3)22(12-15)33(30,31)27-20-7-5-4-6-19(20)24(29)32-14-23(28)26-21-13-18(25)11-10-16(21)2/h4-13,27H,14H2,1-3H3,(H,26,28). The molecule has 0 aliphatic heterocycles. The second-order valence-corrected chi connectivity index (χ2v) is 9.15. The van der Waals surface area contributed by atoms with Crippen LogP contribution in [0.5, 0.6) is 0 Å². The van der Waals surface area contributed by atoms with Gasteiger partial charge in [0.15, 0.2) is 6.61 Å². The molecule has 3 rings (SSSR count). The summed E-state index contributed by atoms with van der Waals surface area (Å²) in [4.78, 5) is 24.8. The van der Waals surface area contributed by atoms with Crippen molar-refractivity contribution in [2.24, 2.45) is 0 Å². The van der Waals surface area contributed by atoms with Crippen LogP contribution in [-0.4, -0.2) is 26.9 Å². The summed E-state index contributed by atoms with van der Waals surface area (Å²) in [5.74, 6) is -2.07. The van der Waals surface area contributed by atoms with Gasteiger partial charge in [-0.25, -0.2) is 17.6 Å². The van der Waals surface area contributed by atoms with E-state index in [1.807, 2.05) is 0 Å². The highest BCUT2D eigenvalue weighted by Crippen LogP contribution is 2.24. The van der Waals surface area contributed by atoms with Crippen molar-refractivity contribution >= 4 is 33.3 Å². The summed E-state index contributed by atoms with van der Waals surface area (Å²) in [5, 5.41) is 2.48. The van der Waals surface area contributed by atoms with E-state index in [4.69, 9.17) is 4.74 Å². The lowest BCUT2D eigenvalue weighted by atomic mass is 10.2. The first kappa shape index (κ1) is 23.9. The minimum atomic E-state index is -3.98. The molecule has 172 valence electrons. The zero-order valence-corrected chi connectivity index (χ0v) is 19.1. The lowest BCUT2D eigenvalue weighted by molar-refractivity contribution is -0.119. The molecule has 0 aliphatic carbocycles. The molecule has 3 aromatic rings. The average molecular weight is 471 g/mol. The molecule has 0 radical (unpaired) electrons. The van der Waals surface area contributed by atoms with E-state index >= 15 is 0 Å². The van der Waals surface area contributed by atoms with Gasteiger partial charge in [-0.2, -0.15) is 0 Å². The number of benzene rings is 3. The second kappa shape index (κ2) is 9.83. The summed E-state index contributed by atoms with van der Waals surface area (Å²) in [6.07, 6.45) is 0. The highest BCUT2D eigenvalue weighted by Gasteiger charge is 2.21. The van der Waals surface area contributed by atoms with Crippen LogP contribution in [0, 0.1) is 26.6 Å². The molecule has 0 spiro atoms. The van der Waals surface area contributed by atoms with Crippen LogP contribution in [0.2, 0.25) is 0 Å². The smallest absolute Gasteiger partial charge is 0.340 e. The molecule has 33 heavy (non-hydrogen) atoms. The first-order valence-electron chi connectivity index (χ1n) is 9.99. The zero-order chi connectivity index (χ0) is 24.2. The van der Waals surface area contributed by atoms with Crippen LogP contribution in [0.1, 0.15) is 27.0 Å². The van der Waals surface area contributed by atoms with Gasteiger partial charge in [0.05, 0.1) is 16.1 Å². The Morgan fingerprint density at radius 2 is 1.61 bits per heavy atom. The number of aryl methyl sites for hydroxylation is 3. The zero-order valence-electron chi connectivity index (χ0n) is 18.3. The van der Waals surface area contributed by atoms with Gasteiger partial charge in [0, 0.05) is 5.69 Å². The molecule has 0 aliphatic rings. The molecule has 0 unspecified atom stereocenters. The Morgan fingerprint density at radius 1 is 0.909 bits per heavy atom. The highest BCUT2D eigenvalue weighted by atomic mass is 32.2. The van der Waals surface area contributed by atoms with Gasteiger partial charge in [-0.15, -0.1) is 0 Å². The van der Waals surface area contributed by atoms with Crippen molar-refractivity contribution in [1.29, 1.82) is 0 Å². The molecule has 0 atom stereocenters. The van der Waals surface area contributed by atoms with Gasteiger partial charge in [0.25, 0.3) is 15.9 Å². The first-order valence-corrected chi connectivity index (χ1v) is 11.5. The normalized spacial score (nSPS) is 11.0. The SMILES string of the molecule is Cc1ccc(C)c(S(=O)(=O)Nc2ccccc2C(=O)OCC(=O)Nc2cc(F)ccc2C)c1. The van der Waals surface area contributed by atoms with Crippen LogP contribution in [0.15, 0.2) is 65.6 Å². The topological polar surface area (TPSA) is 102 Å². The molecule has 0 aromatic heterocycles. The molecule has 0 saturated heterocycles. The van der Waals surface area contributed by atoms with Crippen LogP contribution >= 0.6 is 0 Å². The van der Waals surface area contributed by atoms with E-state index in [2.05, 4.69) is 10.0 Å². The van der Waals surface area contributed by atoms with Crippen molar-refractivity contribution < 1.29 is 27.1 Å². The Balaban J connectivity index is 1.73. The Bertz CT molecular complexity index is 1320. The number of esters is 1. The van der Waals surface area contributed by atoms with Crippen molar-refractivity contribution in [3.05, 3.63) is 88.7 Å². The molecule has 3 aromatic carbocycles. The van der Waals surface area contributed by atoms with Crippen LogP contribution in [0.25, 0.3) is 0 Å². The number of amides is 1. The van der Waals surface area contributed by atoms with E-state index in [1.54, 1.807) is 45.0 Å². The Hall–Kier alpha value is -3.72. The van der Waals surface area contributed by atoms with Crippen LogP contribution in [0.4, 0.5) is 15.8 Å². The van der Waals surface area contributed by atoms with Gasteiger partial charge in [0.2, 0.25) is 0 Å². The van der Waals surface area contributed by atoms with Crippen molar-refractivity contribution in [2.45, 2.75) is 25.7 Å². The molecule has 9 heteroatoms. The van der Waals surface area contributed by atoms with E-state index in [1.165, 1.54) is 30.3 Å². The van der Waals surface area contributed by atoms with E-state index in [0.717, 1.165) is 11.6 Å². The Kier molecular flexibility index (Phi) is 7.13. The number of rotatable bonds is 7. The van der Waals surface area contributed by atoms with E-state index in [9.17, 15) is 22.4 Å². The van der Waals surface area contributed by atoms with Gasteiger partial charge in [-0.1, -0.05) is 30.3 Å². The number of nitrogens with one attached hydrogen (secondary N) is 2. The summed E-state index contributed by atoms with van der Waals surface area (Å²) >= 11 is 0. The number of ether oxygens (including phenoxy) is 1. The number of anilines is 2. The summed E-state index contributed by atoms with van der Waals surface area (Å²) in [6, 6.07) is 14.9.